The van der Waals surface area contributed by atoms with Gasteiger partial charge in [0.1, 0.15) is 0 Å². The molecule has 0 bridgehead atoms. The molecule has 0 aliphatic carbocycles. The molecule has 0 aliphatic rings. The minimum absolute atomic E-state index is 0.234. The molecule has 128 valence electrons. The van der Waals surface area contributed by atoms with Gasteiger partial charge in [0, 0.05) is 5.69 Å². The highest BCUT2D eigenvalue weighted by atomic mass is 16.3. The van der Waals surface area contributed by atoms with E-state index in [0.29, 0.717) is 5.96 Å². The molecule has 2 aromatic carbocycles. The Bertz CT molecular complexity index is 670. The van der Waals surface area contributed by atoms with E-state index in [0.717, 1.165) is 24.1 Å². The number of benzene rings is 2. The molecule has 4 nitrogen and oxygen atoms in total. The first-order valence-corrected chi connectivity index (χ1v) is 8.47. The first kappa shape index (κ1) is 18.0. The lowest BCUT2D eigenvalue weighted by Gasteiger charge is -2.15. The number of aryl methyl sites for hydroxylation is 3. The number of nitrogens with two attached hydrogens (primary N) is 1. The number of anilines is 1. The van der Waals surface area contributed by atoms with Crippen LogP contribution in [0.1, 0.15) is 42.2 Å². The molecule has 1 atom stereocenters. The monoisotopic (exact) mass is 325 g/mol. The van der Waals surface area contributed by atoms with Crippen LogP contribution in [0.3, 0.4) is 0 Å². The molecule has 0 aliphatic heterocycles. The lowest BCUT2D eigenvalue weighted by Crippen LogP contribution is -2.25. The lowest BCUT2D eigenvalue weighted by molar-refractivity contribution is 0.187. The molecule has 0 radical (unpaired) electrons. The van der Waals surface area contributed by atoms with Crippen LogP contribution < -0.4 is 11.1 Å². The van der Waals surface area contributed by atoms with Crippen molar-refractivity contribution < 1.29 is 5.11 Å². The molecule has 0 saturated carbocycles. The van der Waals surface area contributed by atoms with E-state index in [1.807, 2.05) is 31.2 Å². The van der Waals surface area contributed by atoms with Crippen molar-refractivity contribution in [2.24, 2.45) is 10.7 Å². The number of aliphatic hydroxyl groups excluding tert-OH is 1. The van der Waals surface area contributed by atoms with Gasteiger partial charge in [-0.05, 0) is 36.5 Å². The SMILES string of the molecule is CCc1cccc(CC)c1NC(N)=NCC(O)c1ccc(C)cc1. The van der Waals surface area contributed by atoms with Gasteiger partial charge in [-0.1, -0.05) is 61.9 Å². The number of aliphatic imine (C=N–C) groups is 1. The van der Waals surface area contributed by atoms with Crippen molar-refractivity contribution in [3.05, 3.63) is 64.7 Å². The maximum atomic E-state index is 10.2. The Labute approximate surface area is 144 Å². The third kappa shape index (κ3) is 4.59. The van der Waals surface area contributed by atoms with E-state index in [-0.39, 0.29) is 6.54 Å². The first-order chi connectivity index (χ1) is 11.5. The van der Waals surface area contributed by atoms with Crippen LogP contribution in [0.2, 0.25) is 0 Å². The van der Waals surface area contributed by atoms with E-state index < -0.39 is 6.10 Å². The van der Waals surface area contributed by atoms with Gasteiger partial charge in [-0.15, -0.1) is 0 Å². The molecule has 0 saturated heterocycles. The average Bonchev–Trinajstić information content (AvgIpc) is 2.60. The van der Waals surface area contributed by atoms with Crippen molar-refractivity contribution in [3.63, 3.8) is 0 Å². The summed E-state index contributed by atoms with van der Waals surface area (Å²) < 4.78 is 0. The molecular weight excluding hydrogens is 298 g/mol. The summed E-state index contributed by atoms with van der Waals surface area (Å²) in [5.74, 6) is 0.330. The molecule has 4 heteroatoms. The molecule has 0 heterocycles. The highest BCUT2D eigenvalue weighted by Crippen LogP contribution is 2.22. The largest absolute Gasteiger partial charge is 0.386 e. The topological polar surface area (TPSA) is 70.6 Å². The number of para-hydroxylation sites is 1. The van der Waals surface area contributed by atoms with Crippen molar-refractivity contribution in [2.45, 2.75) is 39.7 Å². The van der Waals surface area contributed by atoms with Crippen LogP contribution in [-0.2, 0) is 12.8 Å². The Balaban J connectivity index is 2.08. The van der Waals surface area contributed by atoms with Gasteiger partial charge in [0.2, 0.25) is 0 Å². The van der Waals surface area contributed by atoms with E-state index >= 15 is 0 Å². The lowest BCUT2D eigenvalue weighted by atomic mass is 10.0. The van der Waals surface area contributed by atoms with Crippen LogP contribution in [0.25, 0.3) is 0 Å². The summed E-state index contributed by atoms with van der Waals surface area (Å²) in [6.07, 6.45) is 1.20. The molecule has 24 heavy (non-hydrogen) atoms. The van der Waals surface area contributed by atoms with Gasteiger partial charge in [-0.25, -0.2) is 0 Å². The Morgan fingerprint density at radius 1 is 1.08 bits per heavy atom. The molecule has 2 rings (SSSR count). The molecule has 0 aromatic heterocycles. The maximum absolute atomic E-state index is 10.2. The van der Waals surface area contributed by atoms with Crippen LogP contribution in [0, 0.1) is 6.92 Å². The minimum atomic E-state index is -0.655. The Kier molecular flexibility index (Phi) is 6.38. The van der Waals surface area contributed by atoms with Crippen molar-refractivity contribution in [2.75, 3.05) is 11.9 Å². The quantitative estimate of drug-likeness (QED) is 0.561. The molecule has 0 amide bonds. The molecule has 4 N–H and O–H groups in total. The van der Waals surface area contributed by atoms with E-state index in [1.165, 1.54) is 16.7 Å². The van der Waals surface area contributed by atoms with E-state index in [9.17, 15) is 5.11 Å². The number of guanidine groups is 1. The second-order valence-corrected chi connectivity index (χ2v) is 5.94. The highest BCUT2D eigenvalue weighted by Gasteiger charge is 2.09. The van der Waals surface area contributed by atoms with Crippen LogP contribution >= 0.6 is 0 Å². The summed E-state index contributed by atoms with van der Waals surface area (Å²) in [5.41, 5.74) is 11.5. The fourth-order valence-electron chi connectivity index (χ4n) is 2.65. The van der Waals surface area contributed by atoms with E-state index in [4.69, 9.17) is 5.73 Å². The number of aliphatic hydroxyl groups is 1. The third-order valence-electron chi connectivity index (χ3n) is 4.15. The van der Waals surface area contributed by atoms with E-state index in [2.05, 4.69) is 42.4 Å². The second kappa shape index (κ2) is 8.50. The first-order valence-electron chi connectivity index (χ1n) is 8.47. The third-order valence-corrected chi connectivity index (χ3v) is 4.15. The summed E-state index contributed by atoms with van der Waals surface area (Å²) in [6.45, 7) is 6.49. The normalized spacial score (nSPS) is 12.9. The van der Waals surface area contributed by atoms with E-state index in [1.54, 1.807) is 0 Å². The Morgan fingerprint density at radius 2 is 1.67 bits per heavy atom. The molecule has 1 unspecified atom stereocenters. The number of hydrogen-bond donors (Lipinski definition) is 3. The number of hydrogen-bond acceptors (Lipinski definition) is 2. The molecule has 0 spiro atoms. The summed E-state index contributed by atoms with van der Waals surface area (Å²) in [4.78, 5) is 4.30. The van der Waals surface area contributed by atoms with Crippen molar-refractivity contribution in [1.29, 1.82) is 0 Å². The van der Waals surface area contributed by atoms with Crippen LogP contribution in [0.15, 0.2) is 47.5 Å². The zero-order valence-electron chi connectivity index (χ0n) is 14.7. The standard InChI is InChI=1S/C20H27N3O/c1-4-15-7-6-8-16(5-2)19(15)23-20(21)22-13-18(24)17-11-9-14(3)10-12-17/h6-12,18,24H,4-5,13H2,1-3H3,(H3,21,22,23). The van der Waals surface area contributed by atoms with Gasteiger partial charge in [0.25, 0.3) is 0 Å². The predicted molar refractivity (Wildman–Crippen MR) is 101 cm³/mol. The summed E-state index contributed by atoms with van der Waals surface area (Å²) in [5, 5.41) is 13.5. The average molecular weight is 325 g/mol. The van der Waals surface area contributed by atoms with Gasteiger partial charge >= 0.3 is 0 Å². The van der Waals surface area contributed by atoms with Gasteiger partial charge in [-0.3, -0.25) is 4.99 Å². The van der Waals surface area contributed by atoms with Gasteiger partial charge < -0.3 is 16.2 Å². The molecular formula is C20H27N3O. The Hall–Kier alpha value is -2.33. The number of nitrogens with zero attached hydrogens (tertiary/aromatic N) is 1. The van der Waals surface area contributed by atoms with Crippen molar-refractivity contribution in [1.82, 2.24) is 0 Å². The van der Waals surface area contributed by atoms with Crippen LogP contribution in [0.4, 0.5) is 5.69 Å². The van der Waals surface area contributed by atoms with Gasteiger partial charge in [0.15, 0.2) is 5.96 Å². The zero-order valence-corrected chi connectivity index (χ0v) is 14.7. The van der Waals surface area contributed by atoms with Crippen LogP contribution in [-0.4, -0.2) is 17.6 Å². The smallest absolute Gasteiger partial charge is 0.193 e. The summed E-state index contributed by atoms with van der Waals surface area (Å²) in [6, 6.07) is 14.0. The van der Waals surface area contributed by atoms with Crippen molar-refractivity contribution >= 4 is 11.6 Å². The minimum Gasteiger partial charge on any atom is -0.386 e. The fourth-order valence-corrected chi connectivity index (χ4v) is 2.65. The van der Waals surface area contributed by atoms with Crippen molar-refractivity contribution in [3.8, 4) is 0 Å². The molecule has 0 fully saturated rings. The van der Waals surface area contributed by atoms with Gasteiger partial charge in [-0.2, -0.15) is 0 Å². The zero-order chi connectivity index (χ0) is 17.5. The van der Waals surface area contributed by atoms with Gasteiger partial charge in [0.05, 0.1) is 12.6 Å². The second-order valence-electron chi connectivity index (χ2n) is 5.94. The van der Waals surface area contributed by atoms with Crippen LogP contribution in [0.5, 0.6) is 0 Å². The number of nitrogens with one attached hydrogen (secondary N) is 1. The summed E-state index contributed by atoms with van der Waals surface area (Å²) in [7, 11) is 0. The molecule has 2 aromatic rings. The number of rotatable bonds is 6. The Morgan fingerprint density at radius 3 is 2.21 bits per heavy atom. The predicted octanol–water partition coefficient (Wildman–Crippen LogP) is 3.58. The maximum Gasteiger partial charge on any atom is 0.193 e. The summed E-state index contributed by atoms with van der Waals surface area (Å²) >= 11 is 0. The highest BCUT2D eigenvalue weighted by molar-refractivity contribution is 5.93. The fraction of sp³-hybridized carbons (Fsp3) is 0.350.